The molecule has 0 aliphatic rings. The number of aliphatic hydroxyl groups is 3. The number of carbonyl (C=O) groups is 2. The molecule has 8 nitrogen and oxygen atoms in total. The monoisotopic (exact) mass is 436 g/mol. The second kappa shape index (κ2) is 10.4. The molecule has 1 amide bonds. The maximum Gasteiger partial charge on any atom is 0.490 e. The van der Waals surface area contributed by atoms with Crippen molar-refractivity contribution < 1.29 is 56.4 Å². The van der Waals surface area contributed by atoms with Crippen LogP contribution in [-0.4, -0.2) is 70.0 Å². The number of hydrogen-bond acceptors (Lipinski definition) is 6. The van der Waals surface area contributed by atoms with Crippen LogP contribution in [0.5, 0.6) is 0 Å². The van der Waals surface area contributed by atoms with Crippen molar-refractivity contribution in [1.29, 1.82) is 0 Å². The third kappa shape index (κ3) is 7.16. The summed E-state index contributed by atoms with van der Waals surface area (Å²) >= 11 is 0. The molecule has 0 aliphatic carbocycles. The van der Waals surface area contributed by atoms with E-state index >= 15 is 0 Å². The minimum atomic E-state index is -5.30. The molecule has 1 rings (SSSR count). The van der Waals surface area contributed by atoms with Crippen LogP contribution in [0.1, 0.15) is 5.56 Å². The summed E-state index contributed by atoms with van der Waals surface area (Å²) in [7, 11) is 0. The summed E-state index contributed by atoms with van der Waals surface area (Å²) in [5, 5.41) is 37.7. The highest BCUT2D eigenvalue weighted by molar-refractivity contribution is 5.82. The molecule has 0 radical (unpaired) electrons. The lowest BCUT2D eigenvalue weighted by Gasteiger charge is -2.34. The summed E-state index contributed by atoms with van der Waals surface area (Å²) in [6.07, 6.45) is -13.2. The van der Waals surface area contributed by atoms with Crippen molar-refractivity contribution in [3.05, 3.63) is 35.9 Å². The van der Waals surface area contributed by atoms with Crippen LogP contribution in [0.2, 0.25) is 0 Å². The first kappa shape index (κ1) is 26.6. The number of carboxylic acids is 1. The van der Waals surface area contributed by atoms with E-state index in [1.807, 2.05) is 5.32 Å². The first-order chi connectivity index (χ1) is 13.1. The number of alkyl halides is 6. The fraction of sp³-hybridized carbons (Fsp3) is 0.467. The van der Waals surface area contributed by atoms with Crippen LogP contribution in [0.25, 0.3) is 0 Å². The molecule has 0 saturated carbocycles. The van der Waals surface area contributed by atoms with Gasteiger partial charge in [-0.1, -0.05) is 30.3 Å². The fourth-order valence-electron chi connectivity index (χ4n) is 1.82. The predicted octanol–water partition coefficient (Wildman–Crippen LogP) is -0.133. The van der Waals surface area contributed by atoms with Crippen LogP contribution in [0.3, 0.4) is 0 Å². The number of aliphatic carboxylic acids is 1. The van der Waals surface area contributed by atoms with Crippen LogP contribution in [0.4, 0.5) is 26.3 Å². The molecular formula is C15H18F6N2O6. The Balaban J connectivity index is 0.000000956. The highest BCUT2D eigenvalue weighted by atomic mass is 19.4. The smallest absolute Gasteiger partial charge is 0.475 e. The van der Waals surface area contributed by atoms with Gasteiger partial charge in [0.15, 0.2) is 6.10 Å². The standard InChI is InChI=1S/C13H17F3N2O4.C2HF3O2/c14-13(15,16)12(22,8-4-2-1-3-5-8)10(20)11(21)18-9(6-17)7-19;3-2(4,5)1(6)7/h1-5,9-10,19-20,22H,6-7,17H2,(H,18,21);(H,6,7). The van der Waals surface area contributed by atoms with Crippen LogP contribution < -0.4 is 11.1 Å². The second-order valence-electron chi connectivity index (χ2n) is 5.46. The Hall–Kier alpha value is -2.42. The van der Waals surface area contributed by atoms with Crippen molar-refractivity contribution in [2.45, 2.75) is 30.1 Å². The third-order valence-electron chi connectivity index (χ3n) is 3.38. The van der Waals surface area contributed by atoms with E-state index in [1.54, 1.807) is 0 Å². The largest absolute Gasteiger partial charge is 0.490 e. The predicted molar refractivity (Wildman–Crippen MR) is 84.2 cm³/mol. The Bertz CT molecular complexity index is 666. The molecule has 1 aromatic rings. The number of nitrogens with one attached hydrogen (secondary N) is 1. The Morgan fingerprint density at radius 2 is 1.52 bits per heavy atom. The maximum absolute atomic E-state index is 13.2. The van der Waals surface area contributed by atoms with E-state index in [4.69, 9.17) is 20.7 Å². The quantitative estimate of drug-likeness (QED) is 0.340. The number of halogens is 6. The number of nitrogens with two attached hydrogens (primary N) is 1. The molecule has 3 atom stereocenters. The summed E-state index contributed by atoms with van der Waals surface area (Å²) in [5.74, 6) is -4.25. The Labute approximate surface area is 159 Å². The molecule has 7 N–H and O–H groups in total. The lowest BCUT2D eigenvalue weighted by Crippen LogP contribution is -2.59. The van der Waals surface area contributed by atoms with Gasteiger partial charge >= 0.3 is 18.3 Å². The van der Waals surface area contributed by atoms with Crippen molar-refractivity contribution in [2.24, 2.45) is 5.73 Å². The fourth-order valence-corrected chi connectivity index (χ4v) is 1.82. The zero-order chi connectivity index (χ0) is 23.0. The molecule has 3 unspecified atom stereocenters. The van der Waals surface area contributed by atoms with Crippen LogP contribution >= 0.6 is 0 Å². The topological polar surface area (TPSA) is 153 Å². The maximum atomic E-state index is 13.2. The molecule has 1 aromatic carbocycles. The number of rotatable bonds is 6. The van der Waals surface area contributed by atoms with Gasteiger partial charge in [0.2, 0.25) is 5.60 Å². The summed E-state index contributed by atoms with van der Waals surface area (Å²) in [4.78, 5) is 20.6. The van der Waals surface area contributed by atoms with E-state index in [2.05, 4.69) is 0 Å². The average molecular weight is 436 g/mol. The van der Waals surface area contributed by atoms with Gasteiger partial charge in [0.05, 0.1) is 12.6 Å². The Morgan fingerprint density at radius 3 is 1.83 bits per heavy atom. The minimum Gasteiger partial charge on any atom is -0.475 e. The molecule has 0 heterocycles. The van der Waals surface area contributed by atoms with Crippen LogP contribution in [0, 0.1) is 0 Å². The van der Waals surface area contributed by atoms with E-state index in [-0.39, 0.29) is 6.54 Å². The van der Waals surface area contributed by atoms with Gasteiger partial charge in [0, 0.05) is 6.54 Å². The summed E-state index contributed by atoms with van der Waals surface area (Å²) in [5.41, 5.74) is 0.730. The molecule has 29 heavy (non-hydrogen) atoms. The normalized spacial score (nSPS) is 15.9. The molecule has 166 valence electrons. The van der Waals surface area contributed by atoms with Crippen molar-refractivity contribution in [2.75, 3.05) is 13.2 Å². The van der Waals surface area contributed by atoms with E-state index < -0.39 is 54.1 Å². The van der Waals surface area contributed by atoms with Crippen LogP contribution in [-0.2, 0) is 15.2 Å². The number of amides is 1. The van der Waals surface area contributed by atoms with Gasteiger partial charge in [0.25, 0.3) is 5.91 Å². The SMILES string of the molecule is NCC(CO)NC(=O)C(O)C(O)(c1ccccc1)C(F)(F)F.O=C(O)C(F)(F)F. The molecular weight excluding hydrogens is 418 g/mol. The summed E-state index contributed by atoms with van der Waals surface area (Å²) in [6.45, 7) is -0.866. The Kier molecular flexibility index (Phi) is 9.52. The third-order valence-corrected chi connectivity index (χ3v) is 3.38. The van der Waals surface area contributed by atoms with Gasteiger partial charge in [-0.05, 0) is 5.56 Å². The van der Waals surface area contributed by atoms with Gasteiger partial charge in [-0.25, -0.2) is 4.79 Å². The Morgan fingerprint density at radius 1 is 1.07 bits per heavy atom. The molecule has 0 bridgehead atoms. The highest BCUT2D eigenvalue weighted by Gasteiger charge is 2.61. The van der Waals surface area contributed by atoms with E-state index in [0.717, 1.165) is 12.1 Å². The van der Waals surface area contributed by atoms with E-state index in [0.29, 0.717) is 0 Å². The van der Waals surface area contributed by atoms with Gasteiger partial charge in [0.1, 0.15) is 0 Å². The first-order valence-corrected chi connectivity index (χ1v) is 7.57. The van der Waals surface area contributed by atoms with Crippen molar-refractivity contribution >= 4 is 11.9 Å². The number of hydrogen-bond donors (Lipinski definition) is 6. The molecule has 0 aromatic heterocycles. The lowest BCUT2D eigenvalue weighted by atomic mass is 9.86. The van der Waals surface area contributed by atoms with Gasteiger partial charge in [-0.2, -0.15) is 26.3 Å². The van der Waals surface area contributed by atoms with Crippen LogP contribution in [0.15, 0.2) is 30.3 Å². The summed E-state index contributed by atoms with van der Waals surface area (Å²) in [6, 6.07) is 4.73. The molecule has 14 heteroatoms. The molecule has 0 saturated heterocycles. The molecule has 0 aliphatic heterocycles. The van der Waals surface area contributed by atoms with Gasteiger partial charge in [-0.3, -0.25) is 4.79 Å². The molecule has 0 fully saturated rings. The number of benzene rings is 1. The van der Waals surface area contributed by atoms with Gasteiger partial charge < -0.3 is 31.5 Å². The van der Waals surface area contributed by atoms with Crippen molar-refractivity contribution in [1.82, 2.24) is 5.32 Å². The first-order valence-electron chi connectivity index (χ1n) is 7.57. The zero-order valence-corrected chi connectivity index (χ0v) is 14.4. The number of carboxylic acid groups (broad SMARTS) is 1. The van der Waals surface area contributed by atoms with E-state index in [1.165, 1.54) is 18.2 Å². The summed E-state index contributed by atoms with van der Waals surface area (Å²) < 4.78 is 71.4. The lowest BCUT2D eigenvalue weighted by molar-refractivity contribution is -0.293. The average Bonchev–Trinajstić information content (AvgIpc) is 2.64. The number of aliphatic hydroxyl groups excluding tert-OH is 2. The highest BCUT2D eigenvalue weighted by Crippen LogP contribution is 2.41. The van der Waals surface area contributed by atoms with E-state index in [9.17, 15) is 41.4 Å². The zero-order valence-electron chi connectivity index (χ0n) is 14.4. The van der Waals surface area contributed by atoms with Crippen molar-refractivity contribution in [3.8, 4) is 0 Å². The molecule has 0 spiro atoms. The second-order valence-corrected chi connectivity index (χ2v) is 5.46. The van der Waals surface area contributed by atoms with Crippen molar-refractivity contribution in [3.63, 3.8) is 0 Å². The minimum absolute atomic E-state index is 0.245. The van der Waals surface area contributed by atoms with Gasteiger partial charge in [-0.15, -0.1) is 0 Å². The number of carbonyl (C=O) groups excluding carboxylic acids is 1.